The van der Waals surface area contributed by atoms with Gasteiger partial charge in [-0.15, -0.1) is 0 Å². The fraction of sp³-hybridized carbons (Fsp3) is 0.182. The van der Waals surface area contributed by atoms with Gasteiger partial charge in [-0.05, 0) is 24.5 Å². The Kier molecular flexibility index (Phi) is 5.02. The number of thioether (sulfide) groups is 1. The Morgan fingerprint density at radius 1 is 1.56 bits per heavy atom. The van der Waals surface area contributed by atoms with Crippen LogP contribution in [0.2, 0.25) is 0 Å². The second-order valence-electron chi connectivity index (χ2n) is 3.24. The Bertz CT molecular complexity index is 522. The van der Waals surface area contributed by atoms with E-state index in [1.165, 1.54) is 30.8 Å². The molecule has 0 unspecified atom stereocenters. The molecule has 0 fully saturated rings. The Hall–Kier alpha value is -2.20. The summed E-state index contributed by atoms with van der Waals surface area (Å²) in [7, 11) is 0. The Morgan fingerprint density at radius 2 is 2.28 bits per heavy atom. The molecule has 0 spiro atoms. The number of phenols is 1. The summed E-state index contributed by atoms with van der Waals surface area (Å²) >= 11 is 1.28. The number of nitrogens with one attached hydrogen (secondary N) is 2. The molecule has 0 bridgehead atoms. The summed E-state index contributed by atoms with van der Waals surface area (Å²) in [6, 6.07) is 4.52. The summed E-state index contributed by atoms with van der Waals surface area (Å²) in [5.41, 5.74) is 0.796. The molecule has 1 amide bonds. The van der Waals surface area contributed by atoms with E-state index in [-0.39, 0.29) is 17.3 Å². The third-order valence-electron chi connectivity index (χ3n) is 1.88. The second-order valence-corrected chi connectivity index (χ2v) is 4.04. The molecule has 1 aromatic carbocycles. The smallest absolute Gasteiger partial charge is 0.221 e. The summed E-state index contributed by atoms with van der Waals surface area (Å²) in [6.45, 7) is 1.35. The number of amides is 1. The molecule has 0 atom stereocenters. The van der Waals surface area contributed by atoms with E-state index in [2.05, 4.69) is 15.6 Å². The molecule has 0 saturated carbocycles. The van der Waals surface area contributed by atoms with Crippen LogP contribution in [0.3, 0.4) is 0 Å². The van der Waals surface area contributed by atoms with Gasteiger partial charge in [-0.25, -0.2) is 4.99 Å². The number of hydrogen-bond donors (Lipinski definition) is 3. The van der Waals surface area contributed by atoms with E-state index in [9.17, 15) is 9.90 Å². The number of nitriles is 1. The van der Waals surface area contributed by atoms with E-state index in [1.807, 2.05) is 0 Å². The lowest BCUT2D eigenvalue weighted by atomic mass is 10.2. The van der Waals surface area contributed by atoms with Gasteiger partial charge in [-0.3, -0.25) is 10.1 Å². The van der Waals surface area contributed by atoms with Crippen LogP contribution < -0.4 is 10.6 Å². The van der Waals surface area contributed by atoms with Gasteiger partial charge in [-0.2, -0.15) is 5.26 Å². The van der Waals surface area contributed by atoms with E-state index in [4.69, 9.17) is 5.26 Å². The van der Waals surface area contributed by atoms with Gasteiger partial charge in [-0.1, -0.05) is 11.8 Å². The van der Waals surface area contributed by atoms with Crippen molar-refractivity contribution >= 4 is 34.2 Å². The number of benzene rings is 1. The van der Waals surface area contributed by atoms with Crippen LogP contribution in [0, 0.1) is 11.5 Å². The minimum absolute atomic E-state index is 0.0388. The summed E-state index contributed by atoms with van der Waals surface area (Å²) in [6.07, 6.45) is 3.55. The van der Waals surface area contributed by atoms with Gasteiger partial charge in [0.25, 0.3) is 0 Å². The summed E-state index contributed by atoms with van der Waals surface area (Å²) in [4.78, 5) is 15.1. The van der Waals surface area contributed by atoms with Crippen LogP contribution in [0.5, 0.6) is 5.75 Å². The number of nitrogens with zero attached hydrogens (tertiary/aromatic N) is 2. The highest BCUT2D eigenvalue weighted by atomic mass is 32.2. The monoisotopic (exact) mass is 264 g/mol. The first kappa shape index (κ1) is 13.9. The number of carbonyl (C=O) groups excluding carboxylic acids is 1. The quantitative estimate of drug-likeness (QED) is 0.249. The van der Waals surface area contributed by atoms with E-state index in [0.29, 0.717) is 10.9 Å². The third kappa shape index (κ3) is 3.99. The molecule has 0 aliphatic carbocycles. The van der Waals surface area contributed by atoms with Crippen LogP contribution in [0.25, 0.3) is 0 Å². The standard InChI is InChI=1S/C11H12N4O2S/c1-7(16)14-9-5-8(3-4-10(9)17)15-11(18-2)13-6-12/h3-5,17H,1-2H3,(H,13,15)(H,14,16). The predicted molar refractivity (Wildman–Crippen MR) is 71.8 cm³/mol. The topological polar surface area (TPSA) is 97.5 Å². The molecule has 0 aliphatic heterocycles. The number of amidine groups is 1. The van der Waals surface area contributed by atoms with Crippen LogP contribution in [-0.4, -0.2) is 22.4 Å². The van der Waals surface area contributed by atoms with Crippen molar-refractivity contribution in [1.29, 1.82) is 5.26 Å². The zero-order chi connectivity index (χ0) is 13.5. The molecular weight excluding hydrogens is 252 g/mol. The van der Waals surface area contributed by atoms with Crippen molar-refractivity contribution in [2.45, 2.75) is 6.92 Å². The average Bonchev–Trinajstić information content (AvgIpc) is 2.32. The molecule has 0 aromatic heterocycles. The van der Waals surface area contributed by atoms with Crippen molar-refractivity contribution in [3.63, 3.8) is 0 Å². The Labute approximate surface area is 109 Å². The lowest BCUT2D eigenvalue weighted by molar-refractivity contribution is -0.114. The molecule has 18 heavy (non-hydrogen) atoms. The van der Waals surface area contributed by atoms with Crippen LogP contribution in [0.4, 0.5) is 11.4 Å². The molecule has 0 heterocycles. The zero-order valence-electron chi connectivity index (χ0n) is 9.89. The molecule has 1 aromatic rings. The predicted octanol–water partition coefficient (Wildman–Crippen LogP) is 1.77. The normalized spacial score (nSPS) is 10.6. The van der Waals surface area contributed by atoms with Gasteiger partial charge in [0, 0.05) is 6.92 Å². The summed E-state index contributed by atoms with van der Waals surface area (Å²) in [5.74, 6) is -0.324. The highest BCUT2D eigenvalue weighted by molar-refractivity contribution is 8.13. The number of phenolic OH excluding ortho intramolecular Hbond substituents is 1. The Morgan fingerprint density at radius 3 is 2.83 bits per heavy atom. The molecule has 0 radical (unpaired) electrons. The molecule has 6 nitrogen and oxygen atoms in total. The first-order valence-electron chi connectivity index (χ1n) is 4.95. The first-order valence-corrected chi connectivity index (χ1v) is 6.17. The molecular formula is C11H12N4O2S. The number of hydrogen-bond acceptors (Lipinski definition) is 5. The number of aliphatic imine (C=N–C) groups is 1. The Balaban J connectivity index is 3.04. The highest BCUT2D eigenvalue weighted by Crippen LogP contribution is 2.28. The summed E-state index contributed by atoms with van der Waals surface area (Å²) in [5, 5.41) is 23.4. The fourth-order valence-electron chi connectivity index (χ4n) is 1.17. The van der Waals surface area contributed by atoms with Crippen molar-refractivity contribution in [3.05, 3.63) is 18.2 Å². The highest BCUT2D eigenvalue weighted by Gasteiger charge is 2.04. The SMILES string of the molecule is CSC(=Nc1ccc(O)c(NC(C)=O)c1)NC#N. The molecule has 3 N–H and O–H groups in total. The van der Waals surface area contributed by atoms with Crippen molar-refractivity contribution in [2.75, 3.05) is 11.6 Å². The maximum absolute atomic E-state index is 10.9. The van der Waals surface area contributed by atoms with Gasteiger partial charge in [0.15, 0.2) is 11.4 Å². The van der Waals surface area contributed by atoms with Crippen LogP contribution >= 0.6 is 11.8 Å². The second kappa shape index (κ2) is 6.51. The largest absolute Gasteiger partial charge is 0.506 e. The zero-order valence-corrected chi connectivity index (χ0v) is 10.7. The van der Waals surface area contributed by atoms with Gasteiger partial charge in [0.05, 0.1) is 11.4 Å². The fourth-order valence-corrected chi connectivity index (χ4v) is 1.52. The maximum atomic E-state index is 10.9. The molecule has 0 aliphatic rings. The van der Waals surface area contributed by atoms with Crippen LogP contribution in [0.15, 0.2) is 23.2 Å². The minimum atomic E-state index is -0.285. The van der Waals surface area contributed by atoms with Gasteiger partial charge in [0.2, 0.25) is 5.91 Å². The van der Waals surface area contributed by atoms with Crippen molar-refractivity contribution in [2.24, 2.45) is 4.99 Å². The van der Waals surface area contributed by atoms with E-state index >= 15 is 0 Å². The van der Waals surface area contributed by atoms with Crippen LogP contribution in [0.1, 0.15) is 6.92 Å². The first-order chi connectivity index (χ1) is 8.56. The van der Waals surface area contributed by atoms with E-state index in [0.717, 1.165) is 0 Å². The van der Waals surface area contributed by atoms with E-state index in [1.54, 1.807) is 18.5 Å². The molecule has 1 rings (SSSR count). The third-order valence-corrected chi connectivity index (χ3v) is 2.46. The van der Waals surface area contributed by atoms with Gasteiger partial charge < -0.3 is 10.4 Å². The lowest BCUT2D eigenvalue weighted by Gasteiger charge is -2.06. The molecule has 0 saturated heterocycles. The number of rotatable bonds is 2. The van der Waals surface area contributed by atoms with Crippen LogP contribution in [-0.2, 0) is 4.79 Å². The van der Waals surface area contributed by atoms with Crippen molar-refractivity contribution in [3.8, 4) is 11.9 Å². The van der Waals surface area contributed by atoms with Gasteiger partial charge >= 0.3 is 0 Å². The van der Waals surface area contributed by atoms with Gasteiger partial charge in [0.1, 0.15) is 5.75 Å². The van der Waals surface area contributed by atoms with Crippen molar-refractivity contribution in [1.82, 2.24) is 5.32 Å². The van der Waals surface area contributed by atoms with E-state index < -0.39 is 0 Å². The molecule has 94 valence electrons. The number of anilines is 1. The summed E-state index contributed by atoms with van der Waals surface area (Å²) < 4.78 is 0. The van der Waals surface area contributed by atoms with Crippen molar-refractivity contribution < 1.29 is 9.90 Å². The lowest BCUT2D eigenvalue weighted by Crippen LogP contribution is -2.12. The number of carbonyl (C=O) groups is 1. The number of aromatic hydroxyl groups is 1. The minimum Gasteiger partial charge on any atom is -0.506 e. The average molecular weight is 264 g/mol. The molecule has 7 heteroatoms. The maximum Gasteiger partial charge on any atom is 0.221 e.